The third kappa shape index (κ3) is 4.91. The molecule has 2 aromatic rings. The Balaban J connectivity index is 2.56. The predicted molar refractivity (Wildman–Crippen MR) is 98.1 cm³/mol. The zero-order chi connectivity index (χ0) is 19.8. The lowest BCUT2D eigenvalue weighted by Crippen LogP contribution is -2.34. The number of nitro benzene ring substituents is 1. The molecule has 0 aliphatic rings. The number of nitro groups is 1. The van der Waals surface area contributed by atoms with E-state index < -0.39 is 28.7 Å². The SMILES string of the molecule is CCOC(=O)C(C(=O)OCC)C(c1ccccc1)c1ccc([N+](=O)[O-])cc1. The molecule has 7 heteroatoms. The second kappa shape index (κ2) is 9.47. The van der Waals surface area contributed by atoms with Crippen LogP contribution in [-0.4, -0.2) is 30.1 Å². The van der Waals surface area contributed by atoms with E-state index in [9.17, 15) is 19.7 Å². The molecule has 0 bridgehead atoms. The topological polar surface area (TPSA) is 95.7 Å². The molecule has 0 spiro atoms. The number of ether oxygens (including phenoxy) is 2. The van der Waals surface area contributed by atoms with Crippen molar-refractivity contribution in [1.29, 1.82) is 0 Å². The van der Waals surface area contributed by atoms with Gasteiger partial charge in [0.15, 0.2) is 5.92 Å². The Morgan fingerprint density at radius 1 is 0.889 bits per heavy atom. The Morgan fingerprint density at radius 2 is 1.37 bits per heavy atom. The van der Waals surface area contributed by atoms with Gasteiger partial charge in [0.1, 0.15) is 0 Å². The summed E-state index contributed by atoms with van der Waals surface area (Å²) >= 11 is 0. The average molecular weight is 371 g/mol. The van der Waals surface area contributed by atoms with E-state index >= 15 is 0 Å². The number of esters is 2. The van der Waals surface area contributed by atoms with Gasteiger partial charge in [0.25, 0.3) is 5.69 Å². The van der Waals surface area contributed by atoms with E-state index in [1.54, 1.807) is 50.2 Å². The highest BCUT2D eigenvalue weighted by molar-refractivity contribution is 5.96. The molecule has 0 saturated carbocycles. The van der Waals surface area contributed by atoms with Crippen molar-refractivity contribution in [2.45, 2.75) is 19.8 Å². The molecule has 0 radical (unpaired) electrons. The number of hydrogen-bond donors (Lipinski definition) is 0. The zero-order valence-electron chi connectivity index (χ0n) is 15.2. The van der Waals surface area contributed by atoms with Gasteiger partial charge in [-0.3, -0.25) is 19.7 Å². The fraction of sp³-hybridized carbons (Fsp3) is 0.300. The van der Waals surface area contributed by atoms with Crippen LogP contribution in [0.25, 0.3) is 0 Å². The van der Waals surface area contributed by atoms with Gasteiger partial charge < -0.3 is 9.47 Å². The number of non-ortho nitro benzene ring substituents is 1. The molecule has 2 rings (SSSR count). The van der Waals surface area contributed by atoms with Gasteiger partial charge in [-0.05, 0) is 25.0 Å². The number of hydrogen-bond acceptors (Lipinski definition) is 6. The number of carbonyl (C=O) groups is 2. The summed E-state index contributed by atoms with van der Waals surface area (Å²) in [5.41, 5.74) is 1.21. The Kier molecular flexibility index (Phi) is 7.05. The third-order valence-electron chi connectivity index (χ3n) is 4.04. The molecule has 7 nitrogen and oxygen atoms in total. The molecule has 0 aliphatic carbocycles. The highest BCUT2D eigenvalue weighted by atomic mass is 16.6. The van der Waals surface area contributed by atoms with Crippen molar-refractivity contribution in [2.75, 3.05) is 13.2 Å². The van der Waals surface area contributed by atoms with E-state index in [1.165, 1.54) is 12.1 Å². The average Bonchev–Trinajstić information content (AvgIpc) is 2.67. The van der Waals surface area contributed by atoms with Gasteiger partial charge in [-0.25, -0.2) is 0 Å². The minimum absolute atomic E-state index is 0.0746. The van der Waals surface area contributed by atoms with Crippen LogP contribution in [-0.2, 0) is 19.1 Å². The first-order valence-electron chi connectivity index (χ1n) is 8.62. The van der Waals surface area contributed by atoms with Crippen LogP contribution in [0.4, 0.5) is 5.69 Å². The van der Waals surface area contributed by atoms with Crippen LogP contribution in [0.2, 0.25) is 0 Å². The van der Waals surface area contributed by atoms with Crippen LogP contribution < -0.4 is 0 Å². The monoisotopic (exact) mass is 371 g/mol. The molecule has 1 atom stereocenters. The molecule has 1 unspecified atom stereocenters. The van der Waals surface area contributed by atoms with E-state index in [0.29, 0.717) is 11.1 Å². The van der Waals surface area contributed by atoms with Gasteiger partial charge in [-0.2, -0.15) is 0 Å². The van der Waals surface area contributed by atoms with Gasteiger partial charge in [0.2, 0.25) is 0 Å². The van der Waals surface area contributed by atoms with Crippen LogP contribution in [0.3, 0.4) is 0 Å². The lowest BCUT2D eigenvalue weighted by Gasteiger charge is -2.25. The van der Waals surface area contributed by atoms with E-state index in [4.69, 9.17) is 9.47 Å². The molecule has 142 valence electrons. The number of rotatable bonds is 8. The van der Waals surface area contributed by atoms with Gasteiger partial charge in [-0.1, -0.05) is 42.5 Å². The maximum absolute atomic E-state index is 12.6. The summed E-state index contributed by atoms with van der Waals surface area (Å²) in [5.74, 6) is -3.29. The third-order valence-corrected chi connectivity index (χ3v) is 4.04. The minimum Gasteiger partial charge on any atom is -0.465 e. The van der Waals surface area contributed by atoms with Crippen molar-refractivity contribution < 1.29 is 24.0 Å². The molecule has 27 heavy (non-hydrogen) atoms. The zero-order valence-corrected chi connectivity index (χ0v) is 15.2. The molecule has 0 aliphatic heterocycles. The molecular formula is C20H21NO6. The normalized spacial score (nSPS) is 11.7. The van der Waals surface area contributed by atoms with E-state index in [1.807, 2.05) is 6.07 Å². The van der Waals surface area contributed by atoms with Crippen LogP contribution in [0.1, 0.15) is 30.9 Å². The van der Waals surface area contributed by atoms with Gasteiger partial charge >= 0.3 is 11.9 Å². The molecule has 0 fully saturated rings. The van der Waals surface area contributed by atoms with Gasteiger partial charge in [0, 0.05) is 18.1 Å². The fourth-order valence-electron chi connectivity index (χ4n) is 2.87. The quantitative estimate of drug-likeness (QED) is 0.305. The second-order valence-corrected chi connectivity index (χ2v) is 5.72. The largest absolute Gasteiger partial charge is 0.465 e. The van der Waals surface area contributed by atoms with E-state index in [0.717, 1.165) is 0 Å². The first kappa shape index (κ1) is 20.1. The lowest BCUT2D eigenvalue weighted by molar-refractivity contribution is -0.384. The minimum atomic E-state index is -1.21. The van der Waals surface area contributed by atoms with E-state index in [-0.39, 0.29) is 18.9 Å². The Labute approximate surface area is 157 Å². The van der Waals surface area contributed by atoms with Crippen LogP contribution in [0.15, 0.2) is 54.6 Å². The highest BCUT2D eigenvalue weighted by Gasteiger charge is 2.39. The van der Waals surface area contributed by atoms with Crippen molar-refractivity contribution in [3.63, 3.8) is 0 Å². The van der Waals surface area contributed by atoms with Gasteiger partial charge in [-0.15, -0.1) is 0 Å². The molecular weight excluding hydrogens is 350 g/mol. The summed E-state index contributed by atoms with van der Waals surface area (Å²) in [6.07, 6.45) is 0. The number of carbonyl (C=O) groups excluding carboxylic acids is 2. The summed E-state index contributed by atoms with van der Waals surface area (Å²) in [7, 11) is 0. The van der Waals surface area contributed by atoms with E-state index in [2.05, 4.69) is 0 Å². The first-order chi connectivity index (χ1) is 13.0. The summed E-state index contributed by atoms with van der Waals surface area (Å²) in [4.78, 5) is 35.6. The lowest BCUT2D eigenvalue weighted by atomic mass is 9.80. The summed E-state index contributed by atoms with van der Waals surface area (Å²) in [6, 6.07) is 14.8. The van der Waals surface area contributed by atoms with Gasteiger partial charge in [0.05, 0.1) is 18.1 Å². The van der Waals surface area contributed by atoms with Crippen LogP contribution >= 0.6 is 0 Å². The molecule has 0 N–H and O–H groups in total. The second-order valence-electron chi connectivity index (χ2n) is 5.72. The van der Waals surface area contributed by atoms with Crippen LogP contribution in [0.5, 0.6) is 0 Å². The summed E-state index contributed by atoms with van der Waals surface area (Å²) in [6.45, 7) is 3.56. The summed E-state index contributed by atoms with van der Waals surface area (Å²) < 4.78 is 10.2. The number of benzene rings is 2. The smallest absolute Gasteiger partial charge is 0.321 e. The molecule has 0 aromatic heterocycles. The Bertz CT molecular complexity index is 770. The number of nitrogens with zero attached hydrogens (tertiary/aromatic N) is 1. The molecule has 0 heterocycles. The van der Waals surface area contributed by atoms with Crippen molar-refractivity contribution in [1.82, 2.24) is 0 Å². The van der Waals surface area contributed by atoms with Crippen LogP contribution in [0, 0.1) is 16.0 Å². The first-order valence-corrected chi connectivity index (χ1v) is 8.62. The molecule has 0 amide bonds. The highest BCUT2D eigenvalue weighted by Crippen LogP contribution is 2.34. The Morgan fingerprint density at radius 3 is 1.81 bits per heavy atom. The maximum Gasteiger partial charge on any atom is 0.321 e. The molecule has 2 aromatic carbocycles. The summed E-state index contributed by atoms with van der Waals surface area (Å²) in [5, 5.41) is 10.9. The standard InChI is InChI=1S/C20H21NO6/c1-3-26-19(22)18(20(23)27-4-2)17(14-8-6-5-7-9-14)15-10-12-16(13-11-15)21(24)25/h5-13,17-18H,3-4H2,1-2H3. The predicted octanol–water partition coefficient (Wildman–Crippen LogP) is 3.47. The van der Waals surface area contributed by atoms with Crippen molar-refractivity contribution in [3.05, 3.63) is 75.8 Å². The van der Waals surface area contributed by atoms with Crippen molar-refractivity contribution >= 4 is 17.6 Å². The molecule has 0 saturated heterocycles. The Hall–Kier alpha value is -3.22. The fourth-order valence-corrected chi connectivity index (χ4v) is 2.87. The van der Waals surface area contributed by atoms with Crippen molar-refractivity contribution in [3.8, 4) is 0 Å². The maximum atomic E-state index is 12.6. The van der Waals surface area contributed by atoms with Crippen molar-refractivity contribution in [2.24, 2.45) is 5.92 Å².